The van der Waals surface area contributed by atoms with E-state index in [9.17, 15) is 9.90 Å². The Balaban J connectivity index is 1.85. The fourth-order valence-corrected chi connectivity index (χ4v) is 3.68. The van der Waals surface area contributed by atoms with Gasteiger partial charge in [0.2, 0.25) is 0 Å². The van der Waals surface area contributed by atoms with Gasteiger partial charge >= 0.3 is 5.97 Å². The standard InChI is InChI=1S/C24H32N4O4/c1-3-17-4-9-21(32-15-12-28-10-13-31-14-11-28)20(16-17)24(2,23(29)30)27-19-7-5-18(6-8-19)22(25)26/h4-9,16,27H,3,10-15H2,1-2H3,(H3,25,26)(H,29,30). The Morgan fingerprint density at radius 1 is 1.25 bits per heavy atom. The number of nitrogen functional groups attached to an aromatic ring is 1. The number of carboxylic acids is 1. The highest BCUT2D eigenvalue weighted by Gasteiger charge is 2.38. The highest BCUT2D eigenvalue weighted by Crippen LogP contribution is 2.35. The summed E-state index contributed by atoms with van der Waals surface area (Å²) in [6.07, 6.45) is 0.782. The van der Waals surface area contributed by atoms with Crippen molar-refractivity contribution in [3.63, 3.8) is 0 Å². The number of aryl methyl sites for hydroxylation is 1. The van der Waals surface area contributed by atoms with E-state index in [2.05, 4.69) is 10.2 Å². The molecule has 8 heteroatoms. The molecule has 5 N–H and O–H groups in total. The van der Waals surface area contributed by atoms with Crippen LogP contribution < -0.4 is 15.8 Å². The number of nitrogens with two attached hydrogens (primary N) is 1. The largest absolute Gasteiger partial charge is 0.492 e. The number of carboxylic acid groups (broad SMARTS) is 1. The summed E-state index contributed by atoms with van der Waals surface area (Å²) in [5.74, 6) is -0.503. The molecule has 0 radical (unpaired) electrons. The first-order valence-corrected chi connectivity index (χ1v) is 10.9. The summed E-state index contributed by atoms with van der Waals surface area (Å²) < 4.78 is 11.5. The second kappa shape index (κ2) is 10.5. The molecule has 1 atom stereocenters. The molecular formula is C24H32N4O4. The SMILES string of the molecule is CCc1ccc(OCCN2CCOCC2)c(C(C)(Nc2ccc(C(=N)N)cc2)C(=O)O)c1. The monoisotopic (exact) mass is 440 g/mol. The van der Waals surface area contributed by atoms with Gasteiger partial charge in [0.15, 0.2) is 5.54 Å². The Hall–Kier alpha value is -3.10. The van der Waals surface area contributed by atoms with Gasteiger partial charge in [0.25, 0.3) is 0 Å². The van der Waals surface area contributed by atoms with Crippen LogP contribution in [0.5, 0.6) is 5.75 Å². The van der Waals surface area contributed by atoms with Crippen molar-refractivity contribution in [2.45, 2.75) is 25.8 Å². The molecule has 2 aromatic carbocycles. The van der Waals surface area contributed by atoms with Crippen molar-refractivity contribution in [3.05, 3.63) is 59.2 Å². The van der Waals surface area contributed by atoms with Crippen molar-refractivity contribution >= 4 is 17.5 Å². The Kier molecular flexibility index (Phi) is 7.71. The average molecular weight is 441 g/mol. The van der Waals surface area contributed by atoms with Crippen LogP contribution in [-0.4, -0.2) is 61.3 Å². The lowest BCUT2D eigenvalue weighted by atomic mass is 9.89. The zero-order chi connectivity index (χ0) is 23.1. The summed E-state index contributed by atoms with van der Waals surface area (Å²) in [5, 5.41) is 20.9. The number of amidine groups is 1. The molecule has 1 unspecified atom stereocenters. The van der Waals surface area contributed by atoms with E-state index in [1.807, 2.05) is 25.1 Å². The van der Waals surface area contributed by atoms with Crippen LogP contribution in [0.4, 0.5) is 5.69 Å². The number of anilines is 1. The smallest absolute Gasteiger partial charge is 0.333 e. The van der Waals surface area contributed by atoms with Crippen molar-refractivity contribution in [2.24, 2.45) is 5.73 Å². The van der Waals surface area contributed by atoms with Crippen molar-refractivity contribution in [2.75, 3.05) is 44.8 Å². The zero-order valence-corrected chi connectivity index (χ0v) is 18.7. The summed E-state index contributed by atoms with van der Waals surface area (Å²) in [6.45, 7) is 8.07. The predicted octanol–water partition coefficient (Wildman–Crippen LogP) is 2.66. The van der Waals surface area contributed by atoms with Crippen molar-refractivity contribution in [1.82, 2.24) is 4.90 Å². The van der Waals surface area contributed by atoms with Crippen LogP contribution in [0.3, 0.4) is 0 Å². The average Bonchev–Trinajstić information content (AvgIpc) is 2.80. The number of nitrogens with one attached hydrogen (secondary N) is 2. The minimum Gasteiger partial charge on any atom is -0.492 e. The fourth-order valence-electron chi connectivity index (χ4n) is 3.68. The summed E-state index contributed by atoms with van der Waals surface area (Å²) in [7, 11) is 0. The first kappa shape index (κ1) is 23.6. The molecule has 8 nitrogen and oxygen atoms in total. The lowest BCUT2D eigenvalue weighted by Crippen LogP contribution is -2.41. The first-order chi connectivity index (χ1) is 15.3. The molecular weight excluding hydrogens is 408 g/mol. The molecule has 0 aliphatic carbocycles. The number of carbonyl (C=O) groups is 1. The number of hydrogen-bond acceptors (Lipinski definition) is 6. The first-order valence-electron chi connectivity index (χ1n) is 10.9. The number of aliphatic carboxylic acids is 1. The minimum absolute atomic E-state index is 0.0378. The molecule has 0 amide bonds. The van der Waals surface area contributed by atoms with E-state index in [-0.39, 0.29) is 5.84 Å². The van der Waals surface area contributed by atoms with Gasteiger partial charge in [-0.15, -0.1) is 0 Å². The van der Waals surface area contributed by atoms with Gasteiger partial charge in [0, 0.05) is 36.4 Å². The molecule has 1 saturated heterocycles. The molecule has 0 saturated carbocycles. The molecule has 3 rings (SSSR count). The van der Waals surface area contributed by atoms with E-state index in [1.165, 1.54) is 0 Å². The Morgan fingerprint density at radius 2 is 1.94 bits per heavy atom. The van der Waals surface area contributed by atoms with Crippen molar-refractivity contribution < 1.29 is 19.4 Å². The molecule has 172 valence electrons. The van der Waals surface area contributed by atoms with E-state index in [0.29, 0.717) is 29.2 Å². The maximum atomic E-state index is 12.5. The quantitative estimate of drug-likeness (QED) is 0.331. The van der Waals surface area contributed by atoms with Gasteiger partial charge in [0.05, 0.1) is 13.2 Å². The van der Waals surface area contributed by atoms with Crippen LogP contribution in [0.2, 0.25) is 0 Å². The molecule has 1 aliphatic heterocycles. The number of hydrogen-bond donors (Lipinski definition) is 4. The molecule has 1 aliphatic rings. The van der Waals surface area contributed by atoms with Gasteiger partial charge in [-0.1, -0.05) is 13.0 Å². The van der Waals surface area contributed by atoms with Gasteiger partial charge < -0.3 is 25.6 Å². The Morgan fingerprint density at radius 3 is 2.53 bits per heavy atom. The van der Waals surface area contributed by atoms with Crippen LogP contribution in [-0.2, 0) is 21.5 Å². The molecule has 0 aromatic heterocycles. The number of nitrogens with zero attached hydrogens (tertiary/aromatic N) is 1. The van der Waals surface area contributed by atoms with E-state index < -0.39 is 11.5 Å². The summed E-state index contributed by atoms with van der Waals surface area (Å²) in [5.41, 5.74) is 6.89. The van der Waals surface area contributed by atoms with Crippen molar-refractivity contribution in [1.29, 1.82) is 5.41 Å². The van der Waals surface area contributed by atoms with Crippen LogP contribution in [0.25, 0.3) is 0 Å². The Labute approximate surface area is 188 Å². The maximum Gasteiger partial charge on any atom is 0.333 e. The third-order valence-corrected chi connectivity index (χ3v) is 5.78. The third kappa shape index (κ3) is 5.57. The minimum atomic E-state index is -1.42. The predicted molar refractivity (Wildman–Crippen MR) is 125 cm³/mol. The Bertz CT molecular complexity index is 942. The molecule has 2 aromatic rings. The second-order valence-corrected chi connectivity index (χ2v) is 8.03. The van der Waals surface area contributed by atoms with Crippen LogP contribution >= 0.6 is 0 Å². The van der Waals surface area contributed by atoms with Gasteiger partial charge in [-0.2, -0.15) is 0 Å². The summed E-state index contributed by atoms with van der Waals surface area (Å²) >= 11 is 0. The van der Waals surface area contributed by atoms with E-state index in [1.54, 1.807) is 31.2 Å². The molecule has 1 heterocycles. The molecule has 0 spiro atoms. The summed E-state index contributed by atoms with van der Waals surface area (Å²) in [6, 6.07) is 12.5. The number of rotatable bonds is 10. The number of morpholine rings is 1. The van der Waals surface area contributed by atoms with E-state index in [0.717, 1.165) is 44.8 Å². The normalized spacial score (nSPS) is 16.2. The molecule has 32 heavy (non-hydrogen) atoms. The summed E-state index contributed by atoms with van der Waals surface area (Å²) in [4.78, 5) is 14.8. The topological polar surface area (TPSA) is 121 Å². The van der Waals surface area contributed by atoms with E-state index >= 15 is 0 Å². The lowest BCUT2D eigenvalue weighted by molar-refractivity contribution is -0.142. The van der Waals surface area contributed by atoms with Crippen LogP contribution in [0.15, 0.2) is 42.5 Å². The van der Waals surface area contributed by atoms with Gasteiger partial charge in [-0.05, 0) is 55.3 Å². The van der Waals surface area contributed by atoms with Gasteiger partial charge in [-0.25, -0.2) is 4.79 Å². The zero-order valence-electron chi connectivity index (χ0n) is 18.7. The fraction of sp³-hybridized carbons (Fsp3) is 0.417. The van der Waals surface area contributed by atoms with Crippen LogP contribution in [0.1, 0.15) is 30.5 Å². The van der Waals surface area contributed by atoms with Gasteiger partial charge in [0.1, 0.15) is 18.2 Å². The second-order valence-electron chi connectivity index (χ2n) is 8.03. The lowest BCUT2D eigenvalue weighted by Gasteiger charge is -2.31. The highest BCUT2D eigenvalue weighted by molar-refractivity contribution is 5.95. The van der Waals surface area contributed by atoms with Gasteiger partial charge in [-0.3, -0.25) is 10.3 Å². The number of ether oxygens (including phenoxy) is 2. The third-order valence-electron chi connectivity index (χ3n) is 5.78. The molecule has 1 fully saturated rings. The number of benzene rings is 2. The maximum absolute atomic E-state index is 12.5. The highest BCUT2D eigenvalue weighted by atomic mass is 16.5. The molecule has 0 bridgehead atoms. The van der Waals surface area contributed by atoms with E-state index in [4.69, 9.17) is 20.6 Å². The van der Waals surface area contributed by atoms with Crippen molar-refractivity contribution in [3.8, 4) is 5.75 Å². The van der Waals surface area contributed by atoms with Crippen LogP contribution in [0, 0.1) is 5.41 Å².